The van der Waals surface area contributed by atoms with Crippen LogP contribution < -0.4 is 5.32 Å². The zero-order valence-corrected chi connectivity index (χ0v) is 11.6. The molecule has 2 saturated carbocycles. The van der Waals surface area contributed by atoms with Crippen LogP contribution in [0.4, 0.5) is 0 Å². The number of nitrogens with one attached hydrogen (secondary N) is 1. The molecule has 0 spiro atoms. The first-order valence-corrected chi connectivity index (χ1v) is 7.51. The third kappa shape index (κ3) is 4.59. The van der Waals surface area contributed by atoms with Crippen LogP contribution in [-0.2, 0) is 4.74 Å². The Morgan fingerprint density at radius 3 is 2.35 bits per heavy atom. The fraction of sp³-hybridized carbons (Fsp3) is 1.00. The minimum atomic E-state index is 0.571. The number of hydrogen-bond acceptors (Lipinski definition) is 2. The second-order valence-corrected chi connectivity index (χ2v) is 6.67. The van der Waals surface area contributed by atoms with E-state index in [1.165, 1.54) is 51.4 Å². The van der Waals surface area contributed by atoms with Crippen LogP contribution in [-0.4, -0.2) is 25.3 Å². The number of ether oxygens (including phenoxy) is 1. The van der Waals surface area contributed by atoms with Gasteiger partial charge in [0.15, 0.2) is 0 Å². The van der Waals surface area contributed by atoms with Gasteiger partial charge in [-0.25, -0.2) is 0 Å². The summed E-state index contributed by atoms with van der Waals surface area (Å²) >= 11 is 0. The highest BCUT2D eigenvalue weighted by Gasteiger charge is 2.26. The normalized spacial score (nSPS) is 26.5. The molecule has 2 heteroatoms. The number of hydrogen-bond donors (Lipinski definition) is 1. The van der Waals surface area contributed by atoms with Gasteiger partial charge in [-0.05, 0) is 43.9 Å². The van der Waals surface area contributed by atoms with Crippen molar-refractivity contribution >= 4 is 0 Å². The van der Waals surface area contributed by atoms with Crippen molar-refractivity contribution in [2.24, 2.45) is 5.41 Å². The minimum absolute atomic E-state index is 0.571. The summed E-state index contributed by atoms with van der Waals surface area (Å²) in [5.74, 6) is 0. The maximum Gasteiger partial charge on any atom is 0.0594 e. The van der Waals surface area contributed by atoms with Gasteiger partial charge in [-0.3, -0.25) is 0 Å². The summed E-state index contributed by atoms with van der Waals surface area (Å²) in [6, 6.07) is 0.746. The first kappa shape index (κ1) is 13.4. The predicted octanol–water partition coefficient (Wildman–Crippen LogP) is 3.50. The van der Waals surface area contributed by atoms with Crippen molar-refractivity contribution in [3.8, 4) is 0 Å². The highest BCUT2D eigenvalue weighted by molar-refractivity contribution is 4.82. The van der Waals surface area contributed by atoms with Crippen LogP contribution in [0.1, 0.15) is 65.2 Å². The molecule has 0 aromatic heterocycles. The van der Waals surface area contributed by atoms with E-state index in [1.807, 2.05) is 0 Å². The lowest BCUT2D eigenvalue weighted by atomic mass is 9.75. The maximum absolute atomic E-state index is 5.87. The van der Waals surface area contributed by atoms with E-state index in [4.69, 9.17) is 4.74 Å². The minimum Gasteiger partial charge on any atom is -0.377 e. The molecule has 0 aromatic rings. The van der Waals surface area contributed by atoms with Gasteiger partial charge in [-0.15, -0.1) is 0 Å². The highest BCUT2D eigenvalue weighted by Crippen LogP contribution is 2.34. The van der Waals surface area contributed by atoms with Crippen LogP contribution in [0.15, 0.2) is 0 Å². The van der Waals surface area contributed by atoms with Gasteiger partial charge in [0, 0.05) is 12.6 Å². The van der Waals surface area contributed by atoms with E-state index in [1.54, 1.807) is 0 Å². The molecule has 2 aliphatic rings. The molecule has 0 atom stereocenters. The summed E-state index contributed by atoms with van der Waals surface area (Å²) in [5, 5.41) is 3.66. The number of rotatable bonds is 5. The van der Waals surface area contributed by atoms with Crippen LogP contribution in [0.2, 0.25) is 0 Å². The van der Waals surface area contributed by atoms with Gasteiger partial charge in [0.25, 0.3) is 0 Å². The molecule has 0 aromatic carbocycles. The Kier molecular flexibility index (Phi) is 4.87. The van der Waals surface area contributed by atoms with Crippen LogP contribution in [0.25, 0.3) is 0 Å². The van der Waals surface area contributed by atoms with E-state index in [0.29, 0.717) is 11.5 Å². The highest BCUT2D eigenvalue weighted by atomic mass is 16.5. The Morgan fingerprint density at radius 2 is 1.71 bits per heavy atom. The molecular formula is C15H29NO. The average Bonchev–Trinajstić information content (AvgIpc) is 2.79. The quantitative estimate of drug-likeness (QED) is 0.741. The summed E-state index contributed by atoms with van der Waals surface area (Å²) in [6.45, 7) is 6.74. The molecular weight excluding hydrogens is 210 g/mol. The summed E-state index contributed by atoms with van der Waals surface area (Å²) in [5.41, 5.74) is 0.582. The summed E-state index contributed by atoms with van der Waals surface area (Å²) in [7, 11) is 0. The molecule has 2 rings (SSSR count). The molecule has 2 aliphatic carbocycles. The van der Waals surface area contributed by atoms with Gasteiger partial charge in [-0.2, -0.15) is 0 Å². The molecule has 17 heavy (non-hydrogen) atoms. The molecule has 1 N–H and O–H groups in total. The lowest BCUT2D eigenvalue weighted by Crippen LogP contribution is -2.37. The van der Waals surface area contributed by atoms with E-state index >= 15 is 0 Å². The molecule has 2 fully saturated rings. The molecule has 0 saturated heterocycles. The molecule has 0 unspecified atom stereocenters. The van der Waals surface area contributed by atoms with E-state index in [0.717, 1.165) is 19.2 Å². The average molecular weight is 239 g/mol. The fourth-order valence-electron chi connectivity index (χ4n) is 3.15. The Labute approximate surface area is 107 Å². The van der Waals surface area contributed by atoms with Crippen LogP contribution in [0.5, 0.6) is 0 Å². The van der Waals surface area contributed by atoms with E-state index < -0.39 is 0 Å². The van der Waals surface area contributed by atoms with Crippen molar-refractivity contribution in [3.05, 3.63) is 0 Å². The van der Waals surface area contributed by atoms with Gasteiger partial charge in [0.1, 0.15) is 0 Å². The van der Waals surface area contributed by atoms with Gasteiger partial charge < -0.3 is 10.1 Å². The van der Waals surface area contributed by atoms with E-state index in [-0.39, 0.29) is 0 Å². The van der Waals surface area contributed by atoms with Gasteiger partial charge in [0.2, 0.25) is 0 Å². The van der Waals surface area contributed by atoms with Crippen molar-refractivity contribution in [3.63, 3.8) is 0 Å². The van der Waals surface area contributed by atoms with Gasteiger partial charge in [0.05, 0.1) is 12.7 Å². The largest absolute Gasteiger partial charge is 0.377 e. The SMILES string of the molecule is CC1(C)CCC(NCCOC2CCCC2)CC1. The lowest BCUT2D eigenvalue weighted by molar-refractivity contribution is 0.0575. The lowest BCUT2D eigenvalue weighted by Gasteiger charge is -2.34. The van der Waals surface area contributed by atoms with Crippen molar-refractivity contribution in [1.82, 2.24) is 5.32 Å². The van der Waals surface area contributed by atoms with Crippen LogP contribution in [0, 0.1) is 5.41 Å². The smallest absolute Gasteiger partial charge is 0.0594 e. The molecule has 0 radical (unpaired) electrons. The Balaban J connectivity index is 1.51. The Morgan fingerprint density at radius 1 is 1.06 bits per heavy atom. The Bertz CT molecular complexity index is 211. The van der Waals surface area contributed by atoms with Crippen molar-refractivity contribution in [2.75, 3.05) is 13.2 Å². The van der Waals surface area contributed by atoms with Crippen LogP contribution in [0.3, 0.4) is 0 Å². The monoisotopic (exact) mass is 239 g/mol. The molecule has 0 aliphatic heterocycles. The second-order valence-electron chi connectivity index (χ2n) is 6.67. The molecule has 2 nitrogen and oxygen atoms in total. The van der Waals surface area contributed by atoms with Crippen molar-refractivity contribution in [2.45, 2.75) is 77.4 Å². The standard InChI is InChI=1S/C15H29NO/c1-15(2)9-7-13(8-10-15)16-11-12-17-14-5-3-4-6-14/h13-14,16H,3-12H2,1-2H3. The van der Waals surface area contributed by atoms with Crippen LogP contribution >= 0.6 is 0 Å². The molecule has 100 valence electrons. The summed E-state index contributed by atoms with van der Waals surface area (Å²) in [4.78, 5) is 0. The zero-order valence-electron chi connectivity index (χ0n) is 11.6. The first-order valence-electron chi connectivity index (χ1n) is 7.51. The molecule has 0 bridgehead atoms. The van der Waals surface area contributed by atoms with Gasteiger partial charge in [-0.1, -0.05) is 26.7 Å². The zero-order chi connectivity index (χ0) is 12.1. The topological polar surface area (TPSA) is 21.3 Å². The third-order valence-corrected chi connectivity index (χ3v) is 4.53. The summed E-state index contributed by atoms with van der Waals surface area (Å²) in [6.07, 6.45) is 11.3. The first-order chi connectivity index (χ1) is 8.16. The molecule has 0 amide bonds. The van der Waals surface area contributed by atoms with Gasteiger partial charge >= 0.3 is 0 Å². The van der Waals surface area contributed by atoms with E-state index in [2.05, 4.69) is 19.2 Å². The van der Waals surface area contributed by atoms with E-state index in [9.17, 15) is 0 Å². The molecule has 0 heterocycles. The maximum atomic E-state index is 5.87. The Hall–Kier alpha value is -0.0800. The van der Waals surface area contributed by atoms with Crippen molar-refractivity contribution in [1.29, 1.82) is 0 Å². The third-order valence-electron chi connectivity index (χ3n) is 4.53. The predicted molar refractivity (Wildman–Crippen MR) is 72.2 cm³/mol. The summed E-state index contributed by atoms with van der Waals surface area (Å²) < 4.78 is 5.87. The second kappa shape index (κ2) is 6.19. The fourth-order valence-corrected chi connectivity index (χ4v) is 3.15. The van der Waals surface area contributed by atoms with Crippen molar-refractivity contribution < 1.29 is 4.74 Å².